The maximum absolute atomic E-state index is 5.75. The summed E-state index contributed by atoms with van der Waals surface area (Å²) in [7, 11) is 1.61. The second-order valence-electron chi connectivity index (χ2n) is 4.31. The standard InChI is InChI=1S/C14H21NO2S/c1-4-5-10(2)17-9-11-6-7-13(16-3)12(8-11)14(15)18/h6-8,10H,4-5,9H2,1-3H3,(H2,15,18). The summed E-state index contributed by atoms with van der Waals surface area (Å²) in [5.74, 6) is 0.702. The monoisotopic (exact) mass is 267 g/mol. The first-order valence-corrected chi connectivity index (χ1v) is 6.57. The van der Waals surface area contributed by atoms with Crippen LogP contribution < -0.4 is 10.5 Å². The molecule has 0 saturated heterocycles. The van der Waals surface area contributed by atoms with Gasteiger partial charge in [-0.15, -0.1) is 0 Å². The summed E-state index contributed by atoms with van der Waals surface area (Å²) < 4.78 is 11.0. The van der Waals surface area contributed by atoms with Crippen LogP contribution in [0.1, 0.15) is 37.8 Å². The van der Waals surface area contributed by atoms with Gasteiger partial charge in [0.1, 0.15) is 10.7 Å². The van der Waals surface area contributed by atoms with Gasteiger partial charge in [0.2, 0.25) is 0 Å². The van der Waals surface area contributed by atoms with Gasteiger partial charge in [-0.2, -0.15) is 0 Å². The fraction of sp³-hybridized carbons (Fsp3) is 0.500. The van der Waals surface area contributed by atoms with E-state index in [2.05, 4.69) is 13.8 Å². The lowest BCUT2D eigenvalue weighted by Crippen LogP contribution is -2.12. The molecule has 0 amide bonds. The van der Waals surface area contributed by atoms with E-state index in [0.717, 1.165) is 24.0 Å². The Morgan fingerprint density at radius 3 is 2.72 bits per heavy atom. The highest BCUT2D eigenvalue weighted by Gasteiger charge is 2.08. The molecular formula is C14H21NO2S. The van der Waals surface area contributed by atoms with Crippen LogP contribution in [0.25, 0.3) is 0 Å². The van der Waals surface area contributed by atoms with Crippen molar-refractivity contribution < 1.29 is 9.47 Å². The highest BCUT2D eigenvalue weighted by atomic mass is 32.1. The molecule has 0 aromatic heterocycles. The van der Waals surface area contributed by atoms with E-state index in [-0.39, 0.29) is 6.10 Å². The van der Waals surface area contributed by atoms with Crippen molar-refractivity contribution >= 4 is 17.2 Å². The fourth-order valence-corrected chi connectivity index (χ4v) is 1.93. The van der Waals surface area contributed by atoms with Gasteiger partial charge in [0.05, 0.1) is 25.4 Å². The molecule has 4 heteroatoms. The average molecular weight is 267 g/mol. The molecule has 1 rings (SSSR count). The van der Waals surface area contributed by atoms with Crippen molar-refractivity contribution in [1.29, 1.82) is 0 Å². The Kier molecular flexibility index (Phi) is 6.09. The molecule has 1 unspecified atom stereocenters. The molecule has 0 aliphatic heterocycles. The summed E-state index contributed by atoms with van der Waals surface area (Å²) in [4.78, 5) is 0.343. The molecular weight excluding hydrogens is 246 g/mol. The van der Waals surface area contributed by atoms with Crippen molar-refractivity contribution in [2.24, 2.45) is 5.73 Å². The molecule has 1 aromatic rings. The number of thiocarbonyl (C=S) groups is 1. The summed E-state index contributed by atoms with van der Waals surface area (Å²) >= 11 is 5.01. The number of benzene rings is 1. The van der Waals surface area contributed by atoms with Gasteiger partial charge in [0.15, 0.2) is 0 Å². The third-order valence-corrected chi connectivity index (χ3v) is 2.98. The SMILES string of the molecule is CCCC(C)OCc1ccc(OC)c(C(N)=S)c1. The largest absolute Gasteiger partial charge is 0.496 e. The first kappa shape index (κ1) is 14.9. The molecule has 2 N–H and O–H groups in total. The average Bonchev–Trinajstić information content (AvgIpc) is 2.36. The van der Waals surface area contributed by atoms with Crippen LogP contribution in [0.3, 0.4) is 0 Å². The van der Waals surface area contributed by atoms with Gasteiger partial charge in [-0.05, 0) is 31.0 Å². The normalized spacial score (nSPS) is 12.2. The number of rotatable bonds is 7. The van der Waals surface area contributed by atoms with Crippen LogP contribution in [0.15, 0.2) is 18.2 Å². The van der Waals surface area contributed by atoms with E-state index >= 15 is 0 Å². The second kappa shape index (κ2) is 7.34. The Hall–Kier alpha value is -1.13. The van der Waals surface area contributed by atoms with Crippen LogP contribution >= 0.6 is 12.2 Å². The molecule has 0 aliphatic rings. The van der Waals surface area contributed by atoms with E-state index in [1.807, 2.05) is 18.2 Å². The molecule has 0 heterocycles. The zero-order valence-electron chi connectivity index (χ0n) is 11.2. The van der Waals surface area contributed by atoms with Crippen molar-refractivity contribution in [2.75, 3.05) is 7.11 Å². The first-order chi connectivity index (χ1) is 8.58. The molecule has 18 heavy (non-hydrogen) atoms. The maximum Gasteiger partial charge on any atom is 0.129 e. The fourth-order valence-electron chi connectivity index (χ4n) is 1.77. The van der Waals surface area contributed by atoms with Crippen LogP contribution in [-0.4, -0.2) is 18.2 Å². The Labute approximate surface area is 114 Å². The third kappa shape index (κ3) is 4.27. The van der Waals surface area contributed by atoms with Crippen molar-refractivity contribution in [3.8, 4) is 5.75 Å². The molecule has 1 atom stereocenters. The van der Waals surface area contributed by atoms with Gasteiger partial charge in [-0.1, -0.05) is 31.6 Å². The lowest BCUT2D eigenvalue weighted by atomic mass is 10.1. The molecule has 0 aliphatic carbocycles. The summed E-state index contributed by atoms with van der Waals surface area (Å²) in [5, 5.41) is 0. The van der Waals surface area contributed by atoms with Gasteiger partial charge in [0, 0.05) is 0 Å². The van der Waals surface area contributed by atoms with Crippen molar-refractivity contribution in [3.63, 3.8) is 0 Å². The van der Waals surface area contributed by atoms with Gasteiger partial charge in [-0.25, -0.2) is 0 Å². The minimum atomic E-state index is 0.269. The first-order valence-electron chi connectivity index (χ1n) is 6.16. The van der Waals surface area contributed by atoms with E-state index in [0.29, 0.717) is 17.3 Å². The summed E-state index contributed by atoms with van der Waals surface area (Å²) in [6, 6.07) is 5.77. The zero-order chi connectivity index (χ0) is 13.5. The smallest absolute Gasteiger partial charge is 0.129 e. The van der Waals surface area contributed by atoms with Crippen molar-refractivity contribution in [2.45, 2.75) is 39.4 Å². The molecule has 0 spiro atoms. The molecule has 0 radical (unpaired) electrons. The van der Waals surface area contributed by atoms with Crippen molar-refractivity contribution in [3.05, 3.63) is 29.3 Å². The Morgan fingerprint density at radius 1 is 1.44 bits per heavy atom. The molecule has 0 saturated carbocycles. The van der Waals surface area contributed by atoms with Gasteiger partial charge in [-0.3, -0.25) is 0 Å². The molecule has 0 bridgehead atoms. The molecule has 0 fully saturated rings. The third-order valence-electron chi connectivity index (χ3n) is 2.76. The maximum atomic E-state index is 5.75. The topological polar surface area (TPSA) is 44.5 Å². The van der Waals surface area contributed by atoms with Crippen molar-refractivity contribution in [1.82, 2.24) is 0 Å². The van der Waals surface area contributed by atoms with E-state index in [4.69, 9.17) is 27.4 Å². The molecule has 100 valence electrons. The molecule has 1 aromatic carbocycles. The predicted molar refractivity (Wildman–Crippen MR) is 78.0 cm³/mol. The number of hydrogen-bond acceptors (Lipinski definition) is 3. The lowest BCUT2D eigenvalue weighted by Gasteiger charge is -2.13. The summed E-state index contributed by atoms with van der Waals surface area (Å²) in [6.07, 6.45) is 2.46. The van der Waals surface area contributed by atoms with Crippen LogP contribution in [0.2, 0.25) is 0 Å². The summed E-state index contributed by atoms with van der Waals surface area (Å²) in [5.41, 5.74) is 7.49. The van der Waals surface area contributed by atoms with E-state index in [9.17, 15) is 0 Å². The van der Waals surface area contributed by atoms with Crippen LogP contribution in [0.5, 0.6) is 5.75 Å². The van der Waals surface area contributed by atoms with Crippen LogP contribution in [0.4, 0.5) is 0 Å². The lowest BCUT2D eigenvalue weighted by molar-refractivity contribution is 0.0471. The van der Waals surface area contributed by atoms with Crippen LogP contribution in [0, 0.1) is 0 Å². The van der Waals surface area contributed by atoms with Crippen LogP contribution in [-0.2, 0) is 11.3 Å². The van der Waals surface area contributed by atoms with Gasteiger partial charge in [0.25, 0.3) is 0 Å². The summed E-state index contributed by atoms with van der Waals surface area (Å²) in [6.45, 7) is 4.81. The zero-order valence-corrected chi connectivity index (χ0v) is 12.0. The Balaban J connectivity index is 2.73. The minimum Gasteiger partial charge on any atom is -0.496 e. The van der Waals surface area contributed by atoms with E-state index < -0.39 is 0 Å². The van der Waals surface area contributed by atoms with Gasteiger partial charge < -0.3 is 15.2 Å². The van der Waals surface area contributed by atoms with Gasteiger partial charge >= 0.3 is 0 Å². The number of hydrogen-bond donors (Lipinski definition) is 1. The molecule has 3 nitrogen and oxygen atoms in total. The highest BCUT2D eigenvalue weighted by Crippen LogP contribution is 2.20. The predicted octanol–water partition coefficient (Wildman–Crippen LogP) is 3.03. The quantitative estimate of drug-likeness (QED) is 0.771. The van der Waals surface area contributed by atoms with E-state index in [1.54, 1.807) is 7.11 Å². The number of ether oxygens (including phenoxy) is 2. The Bertz CT molecular complexity index is 407. The number of nitrogens with two attached hydrogens (primary N) is 1. The Morgan fingerprint density at radius 2 is 2.17 bits per heavy atom. The highest BCUT2D eigenvalue weighted by molar-refractivity contribution is 7.80. The second-order valence-corrected chi connectivity index (χ2v) is 4.75. The minimum absolute atomic E-state index is 0.269. The van der Waals surface area contributed by atoms with E-state index in [1.165, 1.54) is 0 Å². The number of methoxy groups -OCH3 is 1.